The number of thioether (sulfide) groups is 1. The summed E-state index contributed by atoms with van der Waals surface area (Å²) in [6, 6.07) is 15.9. The molecule has 0 aliphatic rings. The zero-order valence-corrected chi connectivity index (χ0v) is 15.9. The Hall–Kier alpha value is -2.18. The molecule has 0 aliphatic carbocycles. The Labute approximate surface area is 162 Å². The average molecular weight is 392 g/mol. The van der Waals surface area contributed by atoms with Gasteiger partial charge in [-0.2, -0.15) is 0 Å². The molecule has 2 aromatic rings. The fourth-order valence-electron chi connectivity index (χ4n) is 2.43. The van der Waals surface area contributed by atoms with E-state index in [9.17, 15) is 9.59 Å². The summed E-state index contributed by atoms with van der Waals surface area (Å²) >= 11 is 7.91. The number of nitrogens with one attached hydrogen (secondary N) is 2. The molecule has 0 heterocycles. The molecule has 2 aromatic carbocycles. The summed E-state index contributed by atoms with van der Waals surface area (Å²) in [7, 11) is 0. The number of rotatable bonds is 9. The predicted octanol–water partition coefficient (Wildman–Crippen LogP) is 3.74. The van der Waals surface area contributed by atoms with Gasteiger partial charge >= 0.3 is 6.03 Å². The fourth-order valence-corrected chi connectivity index (χ4v) is 3.57. The topological polar surface area (TPSA) is 84.2 Å². The standard InChI is InChI=1S/C19H22ClN3O2S/c20-16-10-5-4-9-15(16)17(23-19(21)25)13-18(24)22-11-6-12-26-14-7-2-1-3-8-14/h1-5,7-10,17H,6,11-13H2,(H,22,24)(H3,21,23,25). The lowest BCUT2D eigenvalue weighted by atomic mass is 10.0. The highest BCUT2D eigenvalue weighted by Crippen LogP contribution is 2.25. The van der Waals surface area contributed by atoms with Crippen molar-refractivity contribution in [2.75, 3.05) is 12.3 Å². The second kappa shape index (κ2) is 10.7. The molecule has 0 saturated heterocycles. The molecule has 7 heteroatoms. The van der Waals surface area contributed by atoms with Gasteiger partial charge in [-0.3, -0.25) is 4.79 Å². The lowest BCUT2D eigenvalue weighted by Gasteiger charge is -2.19. The Morgan fingerprint density at radius 3 is 2.46 bits per heavy atom. The van der Waals surface area contributed by atoms with E-state index in [0.29, 0.717) is 17.1 Å². The number of carbonyl (C=O) groups excluding carboxylic acids is 2. The quantitative estimate of drug-likeness (QED) is 0.449. The minimum atomic E-state index is -0.693. The van der Waals surface area contributed by atoms with Crippen LogP contribution in [0.5, 0.6) is 0 Å². The summed E-state index contributed by atoms with van der Waals surface area (Å²) in [6.45, 7) is 0.574. The Bertz CT molecular complexity index is 728. The summed E-state index contributed by atoms with van der Waals surface area (Å²) in [6.07, 6.45) is 0.934. The van der Waals surface area contributed by atoms with Crippen molar-refractivity contribution in [2.45, 2.75) is 23.8 Å². The van der Waals surface area contributed by atoms with Crippen LogP contribution in [0, 0.1) is 0 Å². The molecule has 0 radical (unpaired) electrons. The van der Waals surface area contributed by atoms with Crippen molar-refractivity contribution in [1.29, 1.82) is 0 Å². The van der Waals surface area contributed by atoms with E-state index in [-0.39, 0.29) is 12.3 Å². The van der Waals surface area contributed by atoms with E-state index in [2.05, 4.69) is 22.8 Å². The number of amides is 3. The number of primary amides is 1. The van der Waals surface area contributed by atoms with Crippen molar-refractivity contribution in [1.82, 2.24) is 10.6 Å². The van der Waals surface area contributed by atoms with E-state index in [1.54, 1.807) is 36.0 Å². The van der Waals surface area contributed by atoms with Crippen LogP contribution in [0.25, 0.3) is 0 Å². The Kier molecular flexibility index (Phi) is 8.31. The third-order valence-electron chi connectivity index (χ3n) is 3.64. The summed E-state index contributed by atoms with van der Waals surface area (Å²) in [5.74, 6) is 0.756. The van der Waals surface area contributed by atoms with Gasteiger partial charge in [0.05, 0.1) is 12.5 Å². The lowest BCUT2D eigenvalue weighted by Crippen LogP contribution is -2.37. The van der Waals surface area contributed by atoms with Crippen LogP contribution in [0.1, 0.15) is 24.4 Å². The van der Waals surface area contributed by atoms with Gasteiger partial charge in [0.1, 0.15) is 0 Å². The van der Waals surface area contributed by atoms with Gasteiger partial charge in [0.25, 0.3) is 0 Å². The highest BCUT2D eigenvalue weighted by atomic mass is 35.5. The van der Waals surface area contributed by atoms with Crippen LogP contribution in [0.15, 0.2) is 59.5 Å². The van der Waals surface area contributed by atoms with Crippen molar-refractivity contribution in [2.24, 2.45) is 5.73 Å². The molecule has 0 fully saturated rings. The van der Waals surface area contributed by atoms with Gasteiger partial charge in [-0.15, -0.1) is 11.8 Å². The van der Waals surface area contributed by atoms with Crippen LogP contribution < -0.4 is 16.4 Å². The molecule has 26 heavy (non-hydrogen) atoms. The largest absolute Gasteiger partial charge is 0.356 e. The number of hydrogen-bond donors (Lipinski definition) is 3. The molecule has 0 spiro atoms. The first-order chi connectivity index (χ1) is 12.6. The van der Waals surface area contributed by atoms with E-state index < -0.39 is 12.1 Å². The minimum Gasteiger partial charge on any atom is -0.356 e. The van der Waals surface area contributed by atoms with Gasteiger partial charge in [-0.05, 0) is 35.9 Å². The van der Waals surface area contributed by atoms with Gasteiger partial charge in [-0.1, -0.05) is 48.0 Å². The SMILES string of the molecule is NC(=O)NC(CC(=O)NCCCSc1ccccc1)c1ccccc1Cl. The molecule has 0 saturated carbocycles. The van der Waals surface area contributed by atoms with Gasteiger partial charge in [0.15, 0.2) is 0 Å². The zero-order valence-electron chi connectivity index (χ0n) is 14.3. The molecular formula is C19H22ClN3O2S. The molecule has 0 aromatic heterocycles. The van der Waals surface area contributed by atoms with Crippen molar-refractivity contribution in [3.05, 3.63) is 65.2 Å². The number of benzene rings is 2. The van der Waals surface area contributed by atoms with Gasteiger partial charge in [0, 0.05) is 16.5 Å². The number of carbonyl (C=O) groups is 2. The fraction of sp³-hybridized carbons (Fsp3) is 0.263. The molecule has 1 atom stereocenters. The Morgan fingerprint density at radius 1 is 1.08 bits per heavy atom. The van der Waals surface area contributed by atoms with E-state index in [0.717, 1.165) is 12.2 Å². The first kappa shape index (κ1) is 20.1. The molecule has 2 rings (SSSR count). The van der Waals surface area contributed by atoms with Crippen molar-refractivity contribution in [3.8, 4) is 0 Å². The maximum Gasteiger partial charge on any atom is 0.312 e. The maximum absolute atomic E-state index is 12.2. The van der Waals surface area contributed by atoms with Crippen LogP contribution in [0.3, 0.4) is 0 Å². The molecule has 3 amide bonds. The maximum atomic E-state index is 12.2. The monoisotopic (exact) mass is 391 g/mol. The van der Waals surface area contributed by atoms with Crippen molar-refractivity contribution in [3.63, 3.8) is 0 Å². The number of urea groups is 1. The molecule has 0 aliphatic heterocycles. The van der Waals surface area contributed by atoms with Crippen LogP contribution in [0.4, 0.5) is 4.79 Å². The zero-order chi connectivity index (χ0) is 18.8. The number of nitrogens with two attached hydrogens (primary N) is 1. The Balaban J connectivity index is 1.78. The van der Waals surface area contributed by atoms with E-state index in [1.807, 2.05) is 18.2 Å². The summed E-state index contributed by atoms with van der Waals surface area (Å²) in [5, 5.41) is 5.94. The third-order valence-corrected chi connectivity index (χ3v) is 5.08. The molecule has 138 valence electrons. The molecule has 0 bridgehead atoms. The highest BCUT2D eigenvalue weighted by Gasteiger charge is 2.19. The van der Waals surface area contributed by atoms with E-state index >= 15 is 0 Å². The predicted molar refractivity (Wildman–Crippen MR) is 106 cm³/mol. The first-order valence-electron chi connectivity index (χ1n) is 8.31. The lowest BCUT2D eigenvalue weighted by molar-refractivity contribution is -0.121. The first-order valence-corrected chi connectivity index (χ1v) is 9.67. The van der Waals surface area contributed by atoms with Gasteiger partial charge in [-0.25, -0.2) is 4.79 Å². The van der Waals surface area contributed by atoms with E-state index in [1.165, 1.54) is 4.90 Å². The molecule has 4 N–H and O–H groups in total. The van der Waals surface area contributed by atoms with Gasteiger partial charge in [0.2, 0.25) is 5.91 Å². The smallest absolute Gasteiger partial charge is 0.312 e. The van der Waals surface area contributed by atoms with E-state index in [4.69, 9.17) is 17.3 Å². The highest BCUT2D eigenvalue weighted by molar-refractivity contribution is 7.99. The minimum absolute atomic E-state index is 0.0818. The van der Waals surface area contributed by atoms with Gasteiger partial charge < -0.3 is 16.4 Å². The van der Waals surface area contributed by atoms with Crippen LogP contribution in [-0.2, 0) is 4.79 Å². The van der Waals surface area contributed by atoms with Crippen LogP contribution >= 0.6 is 23.4 Å². The second-order valence-corrected chi connectivity index (χ2v) is 7.23. The van der Waals surface area contributed by atoms with Crippen molar-refractivity contribution >= 4 is 35.3 Å². The summed E-state index contributed by atoms with van der Waals surface area (Å²) in [5.41, 5.74) is 5.89. The summed E-state index contributed by atoms with van der Waals surface area (Å²) in [4.78, 5) is 24.7. The third kappa shape index (κ3) is 6.98. The number of hydrogen-bond acceptors (Lipinski definition) is 3. The van der Waals surface area contributed by atoms with Crippen LogP contribution in [-0.4, -0.2) is 24.2 Å². The van der Waals surface area contributed by atoms with Crippen LogP contribution in [0.2, 0.25) is 5.02 Å². The van der Waals surface area contributed by atoms with Crippen molar-refractivity contribution < 1.29 is 9.59 Å². The average Bonchev–Trinajstić information content (AvgIpc) is 2.62. The molecular weight excluding hydrogens is 370 g/mol. The molecule has 1 unspecified atom stereocenters. The second-order valence-electron chi connectivity index (χ2n) is 5.65. The normalized spacial score (nSPS) is 11.6. The molecule has 5 nitrogen and oxygen atoms in total. The Morgan fingerprint density at radius 2 is 1.77 bits per heavy atom. The number of halogens is 1. The summed E-state index contributed by atoms with van der Waals surface area (Å²) < 4.78 is 0.